The Labute approximate surface area is 115 Å². The van der Waals surface area contributed by atoms with Gasteiger partial charge in [0, 0.05) is 5.38 Å². The highest BCUT2D eigenvalue weighted by Gasteiger charge is 2.46. The summed E-state index contributed by atoms with van der Waals surface area (Å²) in [5.74, 6) is 1.34. The van der Waals surface area contributed by atoms with Gasteiger partial charge in [-0.1, -0.05) is 27.7 Å². The summed E-state index contributed by atoms with van der Waals surface area (Å²) in [7, 11) is 0. The van der Waals surface area contributed by atoms with Gasteiger partial charge in [0.05, 0.1) is 11.2 Å². The summed E-state index contributed by atoms with van der Waals surface area (Å²) < 4.78 is 0. The Morgan fingerprint density at radius 3 is 2.61 bits per heavy atom. The normalized spacial score (nSPS) is 19.2. The van der Waals surface area contributed by atoms with Gasteiger partial charge in [-0.05, 0) is 44.1 Å². The maximum Gasteiger partial charge on any atom is 0.113 e. The van der Waals surface area contributed by atoms with Gasteiger partial charge in [0.1, 0.15) is 5.01 Å². The molecule has 0 spiro atoms. The van der Waals surface area contributed by atoms with Crippen LogP contribution in [0.15, 0.2) is 5.38 Å². The van der Waals surface area contributed by atoms with Crippen molar-refractivity contribution < 1.29 is 0 Å². The largest absolute Gasteiger partial charge is 0.305 e. The molecule has 102 valence electrons. The third kappa shape index (κ3) is 2.62. The molecule has 0 bridgehead atoms. The zero-order chi connectivity index (χ0) is 13.2. The van der Waals surface area contributed by atoms with E-state index < -0.39 is 0 Å². The molecule has 2 nitrogen and oxygen atoms in total. The zero-order valence-corrected chi connectivity index (χ0v) is 12.9. The second-order valence-electron chi connectivity index (χ2n) is 5.76. The van der Waals surface area contributed by atoms with E-state index in [4.69, 9.17) is 4.98 Å². The Kier molecular flexibility index (Phi) is 4.44. The molecule has 1 fully saturated rings. The number of aromatic nitrogens is 1. The molecule has 0 amide bonds. The van der Waals surface area contributed by atoms with Gasteiger partial charge in [0.25, 0.3) is 0 Å². The number of hydrogen-bond acceptors (Lipinski definition) is 3. The molecule has 1 atom stereocenters. The number of nitrogens with one attached hydrogen (secondary N) is 1. The van der Waals surface area contributed by atoms with Gasteiger partial charge in [0.15, 0.2) is 0 Å². The van der Waals surface area contributed by atoms with Crippen LogP contribution in [0.5, 0.6) is 0 Å². The Bertz CT molecular complexity index is 382. The topological polar surface area (TPSA) is 24.9 Å². The summed E-state index contributed by atoms with van der Waals surface area (Å²) in [6, 6.07) is 0. The number of thiazole rings is 1. The number of hydrogen-bond donors (Lipinski definition) is 1. The molecule has 18 heavy (non-hydrogen) atoms. The van der Waals surface area contributed by atoms with Crippen LogP contribution in [0.25, 0.3) is 0 Å². The molecule has 1 heterocycles. The second kappa shape index (κ2) is 5.70. The summed E-state index contributed by atoms with van der Waals surface area (Å²) in [6.07, 6.45) is 5.07. The quantitative estimate of drug-likeness (QED) is 0.796. The summed E-state index contributed by atoms with van der Waals surface area (Å²) in [4.78, 5) is 4.92. The molecule has 0 aromatic carbocycles. The van der Waals surface area contributed by atoms with E-state index in [1.165, 1.54) is 30.0 Å². The average Bonchev–Trinajstić information content (AvgIpc) is 3.08. The fourth-order valence-electron chi connectivity index (χ4n) is 2.64. The van der Waals surface area contributed by atoms with Gasteiger partial charge in [0.2, 0.25) is 0 Å². The lowest BCUT2D eigenvalue weighted by atomic mass is 9.90. The average molecular weight is 266 g/mol. The Hall–Kier alpha value is -0.410. The molecule has 2 rings (SSSR count). The highest BCUT2D eigenvalue weighted by Crippen LogP contribution is 2.48. The van der Waals surface area contributed by atoms with Crippen molar-refractivity contribution in [3.05, 3.63) is 16.1 Å². The summed E-state index contributed by atoms with van der Waals surface area (Å²) in [5, 5.41) is 7.39. The van der Waals surface area contributed by atoms with Crippen molar-refractivity contribution in [2.24, 2.45) is 5.92 Å². The van der Waals surface area contributed by atoms with Crippen molar-refractivity contribution in [2.45, 2.75) is 64.8 Å². The predicted octanol–water partition coefficient (Wildman–Crippen LogP) is 4.28. The fraction of sp³-hybridized carbons (Fsp3) is 0.800. The molecule has 1 saturated carbocycles. The predicted molar refractivity (Wildman–Crippen MR) is 79.2 cm³/mol. The maximum absolute atomic E-state index is 4.92. The monoisotopic (exact) mass is 266 g/mol. The van der Waals surface area contributed by atoms with Crippen molar-refractivity contribution in [3.8, 4) is 0 Å². The van der Waals surface area contributed by atoms with Crippen LogP contribution in [-0.4, -0.2) is 11.5 Å². The van der Waals surface area contributed by atoms with Crippen LogP contribution in [0, 0.1) is 5.92 Å². The van der Waals surface area contributed by atoms with Gasteiger partial charge >= 0.3 is 0 Å². The van der Waals surface area contributed by atoms with Crippen molar-refractivity contribution >= 4 is 11.3 Å². The van der Waals surface area contributed by atoms with Gasteiger partial charge in [-0.2, -0.15) is 0 Å². The minimum atomic E-state index is 0.161. The minimum absolute atomic E-state index is 0.161. The van der Waals surface area contributed by atoms with E-state index in [1.807, 2.05) is 11.3 Å². The molecule has 1 aromatic heterocycles. The molecular weight excluding hydrogens is 240 g/mol. The van der Waals surface area contributed by atoms with Crippen LogP contribution in [0.1, 0.15) is 70.0 Å². The molecular formula is C15H26N2S. The van der Waals surface area contributed by atoms with E-state index in [-0.39, 0.29) is 5.54 Å². The molecule has 0 aliphatic heterocycles. The van der Waals surface area contributed by atoms with Gasteiger partial charge in [-0.25, -0.2) is 4.98 Å². The fourth-order valence-corrected chi connectivity index (χ4v) is 3.95. The molecule has 1 N–H and O–H groups in total. The highest BCUT2D eigenvalue weighted by molar-refractivity contribution is 7.09. The van der Waals surface area contributed by atoms with Gasteiger partial charge in [-0.15, -0.1) is 11.3 Å². The SMILES string of the molecule is CCCNC(CC)(c1nc(C(C)C)cs1)C1CC1. The maximum atomic E-state index is 4.92. The van der Waals surface area contributed by atoms with Crippen LogP contribution < -0.4 is 5.32 Å². The van der Waals surface area contributed by atoms with E-state index in [0.29, 0.717) is 5.92 Å². The van der Waals surface area contributed by atoms with Crippen molar-refractivity contribution in [3.63, 3.8) is 0 Å². The molecule has 1 aliphatic rings. The zero-order valence-electron chi connectivity index (χ0n) is 12.1. The van der Waals surface area contributed by atoms with Crippen LogP contribution in [0.4, 0.5) is 0 Å². The molecule has 1 aromatic rings. The van der Waals surface area contributed by atoms with E-state index >= 15 is 0 Å². The summed E-state index contributed by atoms with van der Waals surface area (Å²) in [6.45, 7) is 10.1. The van der Waals surface area contributed by atoms with E-state index in [1.54, 1.807) is 0 Å². The van der Waals surface area contributed by atoms with Gasteiger partial charge in [-0.3, -0.25) is 0 Å². The van der Waals surface area contributed by atoms with Crippen molar-refractivity contribution in [2.75, 3.05) is 6.54 Å². The summed E-state index contributed by atoms with van der Waals surface area (Å²) >= 11 is 1.85. The lowest BCUT2D eigenvalue weighted by molar-refractivity contribution is 0.275. The first-order valence-corrected chi connectivity index (χ1v) is 8.23. The Morgan fingerprint density at radius 2 is 2.17 bits per heavy atom. The van der Waals surface area contributed by atoms with Gasteiger partial charge < -0.3 is 5.32 Å². The van der Waals surface area contributed by atoms with E-state index in [2.05, 4.69) is 38.4 Å². The summed E-state index contributed by atoms with van der Waals surface area (Å²) in [5.41, 5.74) is 1.42. The van der Waals surface area contributed by atoms with Crippen molar-refractivity contribution in [1.82, 2.24) is 10.3 Å². The first-order valence-electron chi connectivity index (χ1n) is 7.35. The molecule has 0 radical (unpaired) electrons. The first kappa shape index (κ1) is 14.0. The third-order valence-corrected chi connectivity index (χ3v) is 5.06. The Balaban J connectivity index is 2.26. The number of rotatable bonds is 7. The molecule has 1 aliphatic carbocycles. The van der Waals surface area contributed by atoms with Crippen LogP contribution in [0.2, 0.25) is 0 Å². The van der Waals surface area contributed by atoms with Crippen LogP contribution in [-0.2, 0) is 5.54 Å². The third-order valence-electron chi connectivity index (χ3n) is 4.02. The standard InChI is InChI=1S/C15H26N2S/c1-5-9-16-15(6-2,12-7-8-12)14-17-13(10-18-14)11(3)4/h10-12,16H,5-9H2,1-4H3. The Morgan fingerprint density at radius 1 is 1.44 bits per heavy atom. The second-order valence-corrected chi connectivity index (χ2v) is 6.62. The van der Waals surface area contributed by atoms with Crippen molar-refractivity contribution in [1.29, 1.82) is 0 Å². The first-order chi connectivity index (χ1) is 8.64. The lowest BCUT2D eigenvalue weighted by Crippen LogP contribution is -2.44. The van der Waals surface area contributed by atoms with E-state index in [0.717, 1.165) is 18.9 Å². The minimum Gasteiger partial charge on any atom is -0.305 e. The number of nitrogens with zero attached hydrogens (tertiary/aromatic N) is 1. The smallest absolute Gasteiger partial charge is 0.113 e. The highest BCUT2D eigenvalue weighted by atomic mass is 32.1. The lowest BCUT2D eigenvalue weighted by Gasteiger charge is -2.32. The van der Waals surface area contributed by atoms with Crippen LogP contribution >= 0.6 is 11.3 Å². The van der Waals surface area contributed by atoms with E-state index in [9.17, 15) is 0 Å². The van der Waals surface area contributed by atoms with Crippen LogP contribution in [0.3, 0.4) is 0 Å². The molecule has 0 saturated heterocycles. The molecule has 3 heteroatoms. The molecule has 1 unspecified atom stereocenters.